The van der Waals surface area contributed by atoms with Gasteiger partial charge in [0.25, 0.3) is 5.91 Å². The number of likely N-dealkylation sites (tertiary alicyclic amines) is 1. The molecule has 4 rings (SSSR count). The number of hydrogen-bond acceptors (Lipinski definition) is 6. The molecule has 0 saturated carbocycles. The van der Waals surface area contributed by atoms with Crippen molar-refractivity contribution in [2.75, 3.05) is 17.0 Å². The summed E-state index contributed by atoms with van der Waals surface area (Å²) in [6, 6.07) is 7.91. The van der Waals surface area contributed by atoms with Gasteiger partial charge in [-0.2, -0.15) is 0 Å². The Kier molecular flexibility index (Phi) is 6.57. The van der Waals surface area contributed by atoms with Gasteiger partial charge in [-0.15, -0.1) is 11.3 Å². The van der Waals surface area contributed by atoms with E-state index in [9.17, 15) is 9.18 Å². The van der Waals surface area contributed by atoms with Crippen molar-refractivity contribution in [2.24, 2.45) is 5.41 Å². The van der Waals surface area contributed by atoms with Gasteiger partial charge >= 0.3 is 0 Å². The lowest BCUT2D eigenvalue weighted by molar-refractivity contribution is 0.0308. The molecule has 6 nitrogen and oxygen atoms in total. The Morgan fingerprint density at radius 2 is 1.97 bits per heavy atom. The number of hydrogen-bond donors (Lipinski definition) is 0. The van der Waals surface area contributed by atoms with E-state index in [1.165, 1.54) is 23.5 Å². The van der Waals surface area contributed by atoms with Crippen molar-refractivity contribution in [3.05, 3.63) is 59.2 Å². The van der Waals surface area contributed by atoms with Gasteiger partial charge < -0.3 is 4.90 Å². The zero-order valence-electron chi connectivity index (χ0n) is 18.3. The van der Waals surface area contributed by atoms with Crippen LogP contribution in [0.1, 0.15) is 42.2 Å². The van der Waals surface area contributed by atoms with Crippen molar-refractivity contribution in [1.82, 2.24) is 19.9 Å². The van der Waals surface area contributed by atoms with Crippen LogP contribution in [0.3, 0.4) is 0 Å². The fourth-order valence-electron chi connectivity index (χ4n) is 4.19. The van der Waals surface area contributed by atoms with Crippen LogP contribution in [0.5, 0.6) is 0 Å². The van der Waals surface area contributed by atoms with Gasteiger partial charge in [0, 0.05) is 18.9 Å². The monoisotopic (exact) mass is 517 g/mol. The number of piperidine rings is 1. The van der Waals surface area contributed by atoms with Crippen molar-refractivity contribution < 1.29 is 9.18 Å². The van der Waals surface area contributed by atoms with E-state index in [0.717, 1.165) is 28.3 Å². The average molecular weight is 518 g/mol. The van der Waals surface area contributed by atoms with Crippen molar-refractivity contribution in [2.45, 2.75) is 39.7 Å². The maximum atomic E-state index is 13.8. The first-order chi connectivity index (χ1) is 15.3. The Morgan fingerprint density at radius 3 is 2.66 bits per heavy atom. The lowest BCUT2D eigenvalue weighted by atomic mass is 9.76. The number of carbonyl (C=O) groups is 1. The molecular weight excluding hydrogens is 493 g/mol. The number of benzene rings is 1. The Hall–Kier alpha value is -2.39. The number of anilines is 1. The van der Waals surface area contributed by atoms with E-state index in [0.29, 0.717) is 24.7 Å². The summed E-state index contributed by atoms with van der Waals surface area (Å²) in [4.78, 5) is 29.7. The van der Waals surface area contributed by atoms with Crippen LogP contribution in [0, 0.1) is 18.2 Å². The van der Waals surface area contributed by atoms with Crippen molar-refractivity contribution in [1.29, 1.82) is 0 Å². The van der Waals surface area contributed by atoms with E-state index in [-0.39, 0.29) is 23.2 Å². The molecule has 1 aliphatic heterocycles. The third-order valence-corrected chi connectivity index (χ3v) is 7.53. The van der Waals surface area contributed by atoms with Crippen molar-refractivity contribution >= 4 is 39.3 Å². The van der Waals surface area contributed by atoms with Gasteiger partial charge in [0.15, 0.2) is 0 Å². The zero-order chi connectivity index (χ0) is 22.9. The molecule has 2 aromatic heterocycles. The van der Waals surface area contributed by atoms with E-state index >= 15 is 0 Å². The molecule has 0 aliphatic carbocycles. The van der Waals surface area contributed by atoms with Crippen LogP contribution in [0.15, 0.2) is 42.7 Å². The Morgan fingerprint density at radius 1 is 1.28 bits per heavy atom. The Balaban J connectivity index is 1.66. The first kappa shape index (κ1) is 22.8. The Bertz CT molecular complexity index is 1090. The SMILES string of the molecule is Cc1nc(C(=O)N2CCCC(C)(C)C2CN(Br)c2ncccn2)c(-c2ccc(F)cc2)s1. The molecule has 0 N–H and O–H groups in total. The maximum Gasteiger partial charge on any atom is 0.274 e. The van der Waals surface area contributed by atoms with Gasteiger partial charge in [0.2, 0.25) is 5.95 Å². The third-order valence-electron chi connectivity index (χ3n) is 5.90. The van der Waals surface area contributed by atoms with Crippen molar-refractivity contribution in [3.8, 4) is 10.4 Å². The highest BCUT2D eigenvalue weighted by Gasteiger charge is 2.42. The number of thiazole rings is 1. The first-order valence-corrected chi connectivity index (χ1v) is 12.0. The number of carbonyl (C=O) groups excluding carboxylic acids is 1. The number of aryl methyl sites for hydroxylation is 1. The minimum atomic E-state index is -0.304. The molecule has 0 spiro atoms. The second kappa shape index (κ2) is 9.23. The van der Waals surface area contributed by atoms with Crippen LogP contribution in [0.25, 0.3) is 10.4 Å². The van der Waals surface area contributed by atoms with E-state index in [2.05, 4.69) is 44.9 Å². The highest BCUT2D eigenvalue weighted by Crippen LogP contribution is 2.39. The van der Waals surface area contributed by atoms with Crippen LogP contribution >= 0.6 is 27.5 Å². The van der Waals surface area contributed by atoms with Crippen LogP contribution in [-0.4, -0.2) is 44.9 Å². The largest absolute Gasteiger partial charge is 0.332 e. The summed E-state index contributed by atoms with van der Waals surface area (Å²) in [6.45, 7) is 7.47. The molecule has 1 fully saturated rings. The minimum absolute atomic E-state index is 0.0741. The molecule has 32 heavy (non-hydrogen) atoms. The zero-order valence-corrected chi connectivity index (χ0v) is 20.7. The summed E-state index contributed by atoms with van der Waals surface area (Å²) in [5, 5.41) is 0.806. The van der Waals surface area contributed by atoms with Gasteiger partial charge in [0.05, 0.1) is 38.6 Å². The van der Waals surface area contributed by atoms with E-state index < -0.39 is 0 Å². The van der Waals surface area contributed by atoms with Crippen LogP contribution in [0.4, 0.5) is 10.3 Å². The molecule has 1 unspecified atom stereocenters. The molecule has 1 aliphatic rings. The smallest absolute Gasteiger partial charge is 0.274 e. The molecule has 1 aromatic carbocycles. The molecule has 1 atom stereocenters. The third kappa shape index (κ3) is 4.68. The normalized spacial score (nSPS) is 17.9. The predicted molar refractivity (Wildman–Crippen MR) is 128 cm³/mol. The maximum absolute atomic E-state index is 13.8. The van der Waals surface area contributed by atoms with E-state index in [4.69, 9.17) is 0 Å². The first-order valence-electron chi connectivity index (χ1n) is 10.5. The predicted octanol–water partition coefficient (Wildman–Crippen LogP) is 5.49. The van der Waals surface area contributed by atoms with Gasteiger partial charge in [0.1, 0.15) is 11.5 Å². The average Bonchev–Trinajstić information content (AvgIpc) is 3.17. The van der Waals surface area contributed by atoms with Crippen LogP contribution < -0.4 is 3.93 Å². The Labute approximate surface area is 199 Å². The molecular formula is C23H25BrFN5OS. The van der Waals surface area contributed by atoms with E-state index in [1.54, 1.807) is 30.6 Å². The van der Waals surface area contributed by atoms with Crippen LogP contribution in [-0.2, 0) is 0 Å². The molecule has 0 bridgehead atoms. The summed E-state index contributed by atoms with van der Waals surface area (Å²) in [7, 11) is 0. The number of aromatic nitrogens is 3. The molecule has 3 aromatic rings. The summed E-state index contributed by atoms with van der Waals surface area (Å²) < 4.78 is 15.3. The lowest BCUT2D eigenvalue weighted by Gasteiger charge is -2.47. The molecule has 1 amide bonds. The summed E-state index contributed by atoms with van der Waals surface area (Å²) in [5.41, 5.74) is 1.13. The van der Waals surface area contributed by atoms with Gasteiger partial charge in [-0.3, -0.25) is 8.72 Å². The van der Waals surface area contributed by atoms with E-state index in [1.807, 2.05) is 15.7 Å². The van der Waals surface area contributed by atoms with Crippen LogP contribution in [0.2, 0.25) is 0 Å². The molecule has 9 heteroatoms. The summed E-state index contributed by atoms with van der Waals surface area (Å²) in [5.74, 6) is 0.153. The number of rotatable bonds is 5. The van der Waals surface area contributed by atoms with Gasteiger partial charge in [-0.25, -0.2) is 19.3 Å². The topological polar surface area (TPSA) is 62.2 Å². The lowest BCUT2D eigenvalue weighted by Crippen LogP contribution is -2.56. The fourth-order valence-corrected chi connectivity index (χ4v) is 5.57. The fraction of sp³-hybridized carbons (Fsp3) is 0.391. The number of halogens is 2. The molecule has 1 saturated heterocycles. The van der Waals surface area contributed by atoms with Gasteiger partial charge in [-0.05, 0) is 48.9 Å². The highest BCUT2D eigenvalue weighted by molar-refractivity contribution is 9.10. The number of amides is 1. The summed E-state index contributed by atoms with van der Waals surface area (Å²) in [6.07, 6.45) is 5.32. The molecule has 0 radical (unpaired) electrons. The molecule has 3 heterocycles. The van der Waals surface area contributed by atoms with Gasteiger partial charge in [-0.1, -0.05) is 26.0 Å². The van der Waals surface area contributed by atoms with Crippen molar-refractivity contribution in [3.63, 3.8) is 0 Å². The second-order valence-electron chi connectivity index (χ2n) is 8.62. The second-order valence-corrected chi connectivity index (χ2v) is 10.7. The number of nitrogens with zero attached hydrogens (tertiary/aromatic N) is 5. The quantitative estimate of drug-likeness (QED) is 0.418. The standard InChI is InChI=1S/C23H25BrFN5OS/c1-15-28-19(20(32-15)16-6-8-17(25)9-7-16)21(31)29-13-4-10-23(2,3)18(29)14-30(24)22-26-11-5-12-27-22/h5-9,11-12,18H,4,10,13-14H2,1-3H3. The summed E-state index contributed by atoms with van der Waals surface area (Å²) >= 11 is 5.05. The minimum Gasteiger partial charge on any atom is -0.332 e. The highest BCUT2D eigenvalue weighted by atomic mass is 79.9. The molecule has 168 valence electrons.